The van der Waals surface area contributed by atoms with Crippen LogP contribution >= 0.6 is 11.3 Å². The predicted octanol–water partition coefficient (Wildman–Crippen LogP) is 4.67. The zero-order valence-corrected chi connectivity index (χ0v) is 16.2. The molecular weight excluding hydrogens is 368 g/mol. The highest BCUT2D eigenvalue weighted by Gasteiger charge is 2.23. The van der Waals surface area contributed by atoms with Gasteiger partial charge in [-0.05, 0) is 42.2 Å². The first-order valence-electron chi connectivity index (χ1n) is 9.53. The van der Waals surface area contributed by atoms with Crippen LogP contribution in [0.5, 0.6) is 0 Å². The SMILES string of the molecule is O=C(Nc1nccs1)c1cccc2c1N=C(c1cccc(N3CCCC3)c1)C2. The van der Waals surface area contributed by atoms with E-state index in [-0.39, 0.29) is 5.91 Å². The Morgan fingerprint density at radius 2 is 1.96 bits per heavy atom. The third kappa shape index (κ3) is 3.20. The maximum absolute atomic E-state index is 12.7. The van der Waals surface area contributed by atoms with Crippen molar-refractivity contribution in [2.24, 2.45) is 4.99 Å². The van der Waals surface area contributed by atoms with Crippen molar-refractivity contribution in [3.05, 3.63) is 70.7 Å². The van der Waals surface area contributed by atoms with Crippen LogP contribution in [0.4, 0.5) is 16.5 Å². The molecule has 140 valence electrons. The van der Waals surface area contributed by atoms with Gasteiger partial charge in [0.2, 0.25) is 0 Å². The lowest BCUT2D eigenvalue weighted by Crippen LogP contribution is -2.17. The Bertz CT molecular complexity index is 1050. The molecule has 0 spiro atoms. The summed E-state index contributed by atoms with van der Waals surface area (Å²) < 4.78 is 0. The number of fused-ring (bicyclic) bond motifs is 1. The average molecular weight is 388 g/mol. The summed E-state index contributed by atoms with van der Waals surface area (Å²) in [5, 5.41) is 5.30. The van der Waals surface area contributed by atoms with Gasteiger partial charge in [-0.3, -0.25) is 15.1 Å². The standard InChI is InChI=1S/C22H20N4OS/c27-21(25-22-23-9-12-28-22)18-8-4-6-16-14-19(24-20(16)18)15-5-3-7-17(13-15)26-10-1-2-11-26/h3-9,12-13H,1-2,10-11,14H2,(H,23,25,27). The molecule has 1 amide bonds. The Kier molecular flexibility index (Phi) is 4.41. The number of aliphatic imine (C=N–C) groups is 1. The first-order valence-corrected chi connectivity index (χ1v) is 10.4. The van der Waals surface area contributed by atoms with Gasteiger partial charge in [0.15, 0.2) is 5.13 Å². The third-order valence-electron chi connectivity index (χ3n) is 5.27. The van der Waals surface area contributed by atoms with Crippen LogP contribution in [0, 0.1) is 0 Å². The van der Waals surface area contributed by atoms with E-state index < -0.39 is 0 Å². The van der Waals surface area contributed by atoms with Crippen molar-refractivity contribution in [1.82, 2.24) is 4.98 Å². The molecule has 0 saturated carbocycles. The lowest BCUT2D eigenvalue weighted by atomic mass is 10.0. The summed E-state index contributed by atoms with van der Waals surface area (Å²) in [5.41, 5.74) is 5.87. The molecule has 0 radical (unpaired) electrons. The number of anilines is 2. The molecule has 3 heterocycles. The molecule has 2 aliphatic rings. The Hall–Kier alpha value is -2.99. The summed E-state index contributed by atoms with van der Waals surface area (Å²) in [6, 6.07) is 14.4. The van der Waals surface area contributed by atoms with Crippen LogP contribution in [0.2, 0.25) is 0 Å². The highest BCUT2D eigenvalue weighted by atomic mass is 32.1. The second-order valence-corrected chi connectivity index (χ2v) is 7.98. The lowest BCUT2D eigenvalue weighted by Gasteiger charge is -2.18. The normalized spacial score (nSPS) is 15.4. The van der Waals surface area contributed by atoms with Crippen molar-refractivity contribution < 1.29 is 4.79 Å². The molecule has 1 N–H and O–H groups in total. The minimum Gasteiger partial charge on any atom is -0.372 e. The van der Waals surface area contributed by atoms with Crippen LogP contribution in [0.25, 0.3) is 0 Å². The zero-order valence-electron chi connectivity index (χ0n) is 15.4. The zero-order chi connectivity index (χ0) is 18.9. The highest BCUT2D eigenvalue weighted by Crippen LogP contribution is 2.34. The number of hydrogen-bond acceptors (Lipinski definition) is 5. The first-order chi connectivity index (χ1) is 13.8. The molecular formula is C22H20N4OS. The number of nitrogens with one attached hydrogen (secondary N) is 1. The Balaban J connectivity index is 1.44. The van der Waals surface area contributed by atoms with Gasteiger partial charge in [0.1, 0.15) is 0 Å². The first kappa shape index (κ1) is 17.1. The van der Waals surface area contributed by atoms with Gasteiger partial charge in [-0.25, -0.2) is 4.98 Å². The van der Waals surface area contributed by atoms with Crippen molar-refractivity contribution in [2.75, 3.05) is 23.3 Å². The molecule has 0 aliphatic carbocycles. The van der Waals surface area contributed by atoms with Gasteiger partial charge in [-0.15, -0.1) is 11.3 Å². The fourth-order valence-electron chi connectivity index (χ4n) is 3.88. The molecule has 0 bridgehead atoms. The summed E-state index contributed by atoms with van der Waals surface area (Å²) in [5.74, 6) is -0.164. The second-order valence-electron chi connectivity index (χ2n) is 7.08. The number of amides is 1. The van der Waals surface area contributed by atoms with Gasteiger partial charge in [0, 0.05) is 36.8 Å². The van der Waals surface area contributed by atoms with Gasteiger partial charge >= 0.3 is 0 Å². The van der Waals surface area contributed by atoms with Crippen LogP contribution < -0.4 is 10.2 Å². The number of carbonyl (C=O) groups is 1. The van der Waals surface area contributed by atoms with Gasteiger partial charge < -0.3 is 4.90 Å². The molecule has 6 heteroatoms. The van der Waals surface area contributed by atoms with Gasteiger partial charge in [-0.2, -0.15) is 0 Å². The molecule has 2 aliphatic heterocycles. The lowest BCUT2D eigenvalue weighted by molar-refractivity contribution is 0.102. The van der Waals surface area contributed by atoms with E-state index in [1.54, 1.807) is 6.20 Å². The summed E-state index contributed by atoms with van der Waals surface area (Å²) in [6.07, 6.45) is 4.94. The molecule has 0 atom stereocenters. The number of hydrogen-bond donors (Lipinski definition) is 1. The van der Waals surface area contributed by atoms with Crippen LogP contribution in [0.3, 0.4) is 0 Å². The summed E-state index contributed by atoms with van der Waals surface area (Å²) >= 11 is 1.41. The van der Waals surface area contributed by atoms with E-state index in [1.807, 2.05) is 17.5 Å². The number of aromatic nitrogens is 1. The van der Waals surface area contributed by atoms with Crippen molar-refractivity contribution in [3.8, 4) is 0 Å². The largest absolute Gasteiger partial charge is 0.372 e. The number of benzene rings is 2. The minimum atomic E-state index is -0.164. The molecule has 5 rings (SSSR count). The molecule has 3 aromatic rings. The van der Waals surface area contributed by atoms with E-state index in [1.165, 1.54) is 29.9 Å². The van der Waals surface area contributed by atoms with Crippen LogP contribution in [-0.2, 0) is 6.42 Å². The number of thiazole rings is 1. The van der Waals surface area contributed by atoms with Crippen LogP contribution in [0.15, 0.2) is 59.0 Å². The van der Waals surface area contributed by atoms with Gasteiger partial charge in [0.25, 0.3) is 5.91 Å². The minimum absolute atomic E-state index is 0.164. The number of para-hydroxylation sites is 1. The van der Waals surface area contributed by atoms with Crippen molar-refractivity contribution in [1.29, 1.82) is 0 Å². The number of rotatable bonds is 4. The smallest absolute Gasteiger partial charge is 0.259 e. The maximum Gasteiger partial charge on any atom is 0.259 e. The quantitative estimate of drug-likeness (QED) is 0.706. The van der Waals surface area contributed by atoms with Crippen LogP contribution in [-0.4, -0.2) is 29.7 Å². The van der Waals surface area contributed by atoms with E-state index in [9.17, 15) is 4.79 Å². The second kappa shape index (κ2) is 7.20. The van der Waals surface area contributed by atoms with Crippen molar-refractivity contribution in [3.63, 3.8) is 0 Å². The molecule has 2 aromatic carbocycles. The monoisotopic (exact) mass is 388 g/mol. The van der Waals surface area contributed by atoms with Gasteiger partial charge in [0.05, 0.1) is 17.0 Å². The highest BCUT2D eigenvalue weighted by molar-refractivity contribution is 7.13. The molecule has 0 unspecified atom stereocenters. The van der Waals surface area contributed by atoms with Crippen molar-refractivity contribution in [2.45, 2.75) is 19.3 Å². The molecule has 1 aromatic heterocycles. The summed E-state index contributed by atoms with van der Waals surface area (Å²) in [4.78, 5) is 24.1. The number of nitrogens with zero attached hydrogens (tertiary/aromatic N) is 3. The van der Waals surface area contributed by atoms with Crippen LogP contribution in [0.1, 0.15) is 34.3 Å². The molecule has 1 fully saturated rings. The Morgan fingerprint density at radius 3 is 2.79 bits per heavy atom. The summed E-state index contributed by atoms with van der Waals surface area (Å²) in [7, 11) is 0. The van der Waals surface area contributed by atoms with Crippen molar-refractivity contribution >= 4 is 39.5 Å². The number of carbonyl (C=O) groups excluding carboxylic acids is 1. The van der Waals surface area contributed by atoms with E-state index in [0.717, 1.165) is 42.0 Å². The van der Waals surface area contributed by atoms with Gasteiger partial charge in [-0.1, -0.05) is 24.3 Å². The van der Waals surface area contributed by atoms with E-state index >= 15 is 0 Å². The average Bonchev–Trinajstić information content (AvgIpc) is 3.48. The topological polar surface area (TPSA) is 57.6 Å². The third-order valence-corrected chi connectivity index (χ3v) is 5.96. The molecule has 1 saturated heterocycles. The fourth-order valence-corrected chi connectivity index (χ4v) is 4.40. The van der Waals surface area contributed by atoms with E-state index in [2.05, 4.69) is 45.5 Å². The van der Waals surface area contributed by atoms with E-state index in [0.29, 0.717) is 10.7 Å². The summed E-state index contributed by atoms with van der Waals surface area (Å²) in [6.45, 7) is 2.24. The van der Waals surface area contributed by atoms with E-state index in [4.69, 9.17) is 4.99 Å². The molecule has 28 heavy (non-hydrogen) atoms. The Morgan fingerprint density at radius 1 is 1.11 bits per heavy atom. The predicted molar refractivity (Wildman–Crippen MR) is 114 cm³/mol. The maximum atomic E-state index is 12.7. The fraction of sp³-hybridized carbons (Fsp3) is 0.227. The Labute approximate surface area is 167 Å². The molecule has 5 nitrogen and oxygen atoms in total.